The fourth-order valence-corrected chi connectivity index (χ4v) is 4.64. The second kappa shape index (κ2) is 12.6. The van der Waals surface area contributed by atoms with Gasteiger partial charge in [-0.3, -0.25) is 13.9 Å². The molecule has 0 fully saturated rings. The Morgan fingerprint density at radius 3 is 2.26 bits per heavy atom. The van der Waals surface area contributed by atoms with Crippen molar-refractivity contribution in [3.63, 3.8) is 0 Å². The normalized spacial score (nSPS) is 13.1. The van der Waals surface area contributed by atoms with Gasteiger partial charge in [0.05, 0.1) is 17.0 Å². The summed E-state index contributed by atoms with van der Waals surface area (Å²) in [6.45, 7) is 4.93. The molecule has 0 spiro atoms. The van der Waals surface area contributed by atoms with Gasteiger partial charge in [0, 0.05) is 17.6 Å². The summed E-state index contributed by atoms with van der Waals surface area (Å²) in [5.74, 6) is -1.69. The first-order valence-electron chi connectivity index (χ1n) is 11.1. The molecule has 0 saturated carbocycles. The minimum absolute atomic E-state index is 0.00723. The number of sulfonamides is 1. The number of carbonyl (C=O) groups is 2. The maximum absolute atomic E-state index is 13.7. The number of amides is 2. The van der Waals surface area contributed by atoms with Crippen LogP contribution in [0.4, 0.5) is 10.1 Å². The number of halogens is 3. The number of benzene rings is 2. The van der Waals surface area contributed by atoms with Gasteiger partial charge in [0.25, 0.3) is 0 Å². The van der Waals surface area contributed by atoms with Crippen molar-refractivity contribution >= 4 is 50.7 Å². The lowest BCUT2D eigenvalue weighted by atomic mass is 10.1. The van der Waals surface area contributed by atoms with Crippen molar-refractivity contribution in [2.75, 3.05) is 17.1 Å². The highest BCUT2D eigenvalue weighted by Gasteiger charge is 2.32. The van der Waals surface area contributed by atoms with E-state index in [0.29, 0.717) is 23.4 Å². The Morgan fingerprint density at radius 1 is 1.06 bits per heavy atom. The maximum Gasteiger partial charge on any atom is 0.244 e. The van der Waals surface area contributed by atoms with E-state index in [0.717, 1.165) is 22.7 Å². The number of rotatable bonds is 11. The summed E-state index contributed by atoms with van der Waals surface area (Å²) in [7, 11) is -3.95. The summed E-state index contributed by atoms with van der Waals surface area (Å²) in [6.07, 6.45) is 1.93. The second-order valence-corrected chi connectivity index (χ2v) is 10.9. The quantitative estimate of drug-likeness (QED) is 0.446. The predicted molar refractivity (Wildman–Crippen MR) is 138 cm³/mol. The molecule has 2 atom stereocenters. The fourth-order valence-electron chi connectivity index (χ4n) is 3.42. The zero-order valence-corrected chi connectivity index (χ0v) is 22.4. The van der Waals surface area contributed by atoms with Crippen molar-refractivity contribution in [2.45, 2.75) is 52.2 Å². The zero-order chi connectivity index (χ0) is 26.3. The summed E-state index contributed by atoms with van der Waals surface area (Å²) >= 11 is 12.2. The van der Waals surface area contributed by atoms with Gasteiger partial charge in [-0.2, -0.15) is 0 Å². The molecule has 0 aliphatic carbocycles. The molecule has 35 heavy (non-hydrogen) atoms. The van der Waals surface area contributed by atoms with Gasteiger partial charge >= 0.3 is 0 Å². The van der Waals surface area contributed by atoms with E-state index >= 15 is 0 Å². The van der Waals surface area contributed by atoms with E-state index in [-0.39, 0.29) is 29.2 Å². The van der Waals surface area contributed by atoms with Crippen molar-refractivity contribution in [3.8, 4) is 0 Å². The van der Waals surface area contributed by atoms with Crippen molar-refractivity contribution in [1.29, 1.82) is 0 Å². The lowest BCUT2D eigenvalue weighted by Crippen LogP contribution is -2.53. The van der Waals surface area contributed by atoms with E-state index in [1.165, 1.54) is 11.0 Å². The molecule has 0 radical (unpaired) electrons. The lowest BCUT2D eigenvalue weighted by Gasteiger charge is -2.33. The van der Waals surface area contributed by atoms with Crippen LogP contribution in [0, 0.1) is 5.82 Å². The molecule has 0 unspecified atom stereocenters. The highest BCUT2D eigenvalue weighted by atomic mass is 35.5. The number of nitrogens with zero attached hydrogens (tertiary/aromatic N) is 2. The van der Waals surface area contributed by atoms with Gasteiger partial charge < -0.3 is 10.2 Å². The molecule has 0 saturated heterocycles. The number of anilines is 1. The van der Waals surface area contributed by atoms with Crippen LogP contribution in [0.5, 0.6) is 0 Å². The third-order valence-electron chi connectivity index (χ3n) is 5.56. The van der Waals surface area contributed by atoms with Crippen LogP contribution in [0.2, 0.25) is 10.0 Å². The van der Waals surface area contributed by atoms with Crippen LogP contribution in [0.1, 0.15) is 39.2 Å². The minimum atomic E-state index is -3.95. The third-order valence-corrected chi connectivity index (χ3v) is 7.35. The number of nitrogens with one attached hydrogen (secondary N) is 1. The molecule has 0 aromatic heterocycles. The van der Waals surface area contributed by atoms with E-state index in [9.17, 15) is 22.4 Å². The van der Waals surface area contributed by atoms with Gasteiger partial charge in [-0.05, 0) is 49.6 Å². The summed E-state index contributed by atoms with van der Waals surface area (Å²) in [5, 5.41) is 3.02. The van der Waals surface area contributed by atoms with Gasteiger partial charge in [-0.25, -0.2) is 12.8 Å². The van der Waals surface area contributed by atoms with Gasteiger partial charge in [-0.15, -0.1) is 0 Å². The zero-order valence-electron chi connectivity index (χ0n) is 20.1. The largest absolute Gasteiger partial charge is 0.352 e. The second-order valence-electron chi connectivity index (χ2n) is 8.22. The first-order chi connectivity index (χ1) is 16.4. The van der Waals surface area contributed by atoms with E-state index < -0.39 is 34.3 Å². The van der Waals surface area contributed by atoms with E-state index in [2.05, 4.69) is 5.32 Å². The topological polar surface area (TPSA) is 86.8 Å². The van der Waals surface area contributed by atoms with Crippen LogP contribution in [-0.4, -0.2) is 50.0 Å². The molecule has 2 aromatic carbocycles. The molecule has 11 heteroatoms. The first-order valence-corrected chi connectivity index (χ1v) is 13.7. The highest BCUT2D eigenvalue weighted by Crippen LogP contribution is 2.26. The monoisotopic (exact) mass is 545 g/mol. The van der Waals surface area contributed by atoms with Gasteiger partial charge in [0.2, 0.25) is 21.8 Å². The molecular formula is C24H30Cl2FN3O4S. The average Bonchev–Trinajstić information content (AvgIpc) is 2.79. The average molecular weight is 546 g/mol. The minimum Gasteiger partial charge on any atom is -0.352 e. The van der Waals surface area contributed by atoms with E-state index in [1.54, 1.807) is 31.2 Å². The van der Waals surface area contributed by atoms with E-state index in [1.807, 2.05) is 13.8 Å². The molecule has 0 aliphatic rings. The number of carbonyl (C=O) groups excluding carboxylic acids is 2. The van der Waals surface area contributed by atoms with Crippen LogP contribution < -0.4 is 9.62 Å². The molecule has 2 rings (SSSR count). The van der Waals surface area contributed by atoms with Crippen molar-refractivity contribution in [2.24, 2.45) is 0 Å². The highest BCUT2D eigenvalue weighted by molar-refractivity contribution is 7.92. The Kier molecular flexibility index (Phi) is 10.4. The lowest BCUT2D eigenvalue weighted by molar-refractivity contribution is -0.140. The molecular weight excluding hydrogens is 516 g/mol. The Morgan fingerprint density at radius 2 is 1.71 bits per heavy atom. The molecule has 0 aliphatic heterocycles. The van der Waals surface area contributed by atoms with Crippen LogP contribution in [0.3, 0.4) is 0 Å². The predicted octanol–water partition coefficient (Wildman–Crippen LogP) is 4.62. The molecule has 2 amide bonds. The van der Waals surface area contributed by atoms with Gasteiger partial charge in [0.15, 0.2) is 0 Å². The molecule has 0 heterocycles. The third kappa shape index (κ3) is 7.81. The van der Waals surface area contributed by atoms with Crippen molar-refractivity contribution < 1.29 is 22.4 Å². The summed E-state index contributed by atoms with van der Waals surface area (Å²) < 4.78 is 39.7. The molecule has 0 bridgehead atoms. The Bertz CT molecular complexity index is 1160. The summed E-state index contributed by atoms with van der Waals surface area (Å²) in [4.78, 5) is 28.0. The van der Waals surface area contributed by atoms with Gasteiger partial charge in [-0.1, -0.05) is 55.2 Å². The maximum atomic E-state index is 13.7. The molecule has 192 valence electrons. The molecule has 2 aromatic rings. The van der Waals surface area contributed by atoms with E-state index in [4.69, 9.17) is 23.2 Å². The molecule has 7 nitrogen and oxygen atoms in total. The SMILES string of the molecule is CC[C@H](C(=O)N[C@@H](C)CC)N(Cc1ccccc1Cl)C(=O)CN(c1ccc(F)c(Cl)c1)S(C)(=O)=O. The van der Waals surface area contributed by atoms with Gasteiger partial charge in [0.1, 0.15) is 18.4 Å². The smallest absolute Gasteiger partial charge is 0.244 e. The van der Waals surface area contributed by atoms with Crippen LogP contribution in [0.25, 0.3) is 0 Å². The van der Waals surface area contributed by atoms with Crippen LogP contribution in [-0.2, 0) is 26.2 Å². The van der Waals surface area contributed by atoms with Crippen molar-refractivity contribution in [1.82, 2.24) is 10.2 Å². The Balaban J connectivity index is 2.47. The number of hydrogen-bond donors (Lipinski definition) is 1. The molecule has 1 N–H and O–H groups in total. The van der Waals surface area contributed by atoms with Crippen molar-refractivity contribution in [3.05, 3.63) is 63.9 Å². The standard InChI is InChI=1S/C24H30Cl2FN3O4S/c1-5-16(3)28-24(32)22(6-2)29(14-17-9-7-8-10-19(17)25)23(31)15-30(35(4,33)34)18-11-12-21(27)20(26)13-18/h7-13,16,22H,5-6,14-15H2,1-4H3,(H,28,32)/t16-,22+/m0/s1. The summed E-state index contributed by atoms with van der Waals surface area (Å²) in [6, 6.07) is 9.31. The Labute approximate surface area is 216 Å². The van der Waals surface area contributed by atoms with Crippen LogP contribution >= 0.6 is 23.2 Å². The first kappa shape index (κ1) is 28.9. The Hall–Kier alpha value is -2.36. The fraction of sp³-hybridized carbons (Fsp3) is 0.417. The summed E-state index contributed by atoms with van der Waals surface area (Å²) in [5.41, 5.74) is 0.634. The number of hydrogen-bond acceptors (Lipinski definition) is 4. The van der Waals surface area contributed by atoms with Crippen LogP contribution in [0.15, 0.2) is 42.5 Å².